The van der Waals surface area contributed by atoms with Gasteiger partial charge < -0.3 is 4.74 Å². The van der Waals surface area contributed by atoms with Crippen molar-refractivity contribution in [3.05, 3.63) is 45.5 Å². The van der Waals surface area contributed by atoms with Crippen LogP contribution in [0.2, 0.25) is 10.0 Å². The summed E-state index contributed by atoms with van der Waals surface area (Å²) < 4.78 is 5.09. The third-order valence-electron chi connectivity index (χ3n) is 2.54. The Balaban J connectivity index is 0.000000459. The summed E-state index contributed by atoms with van der Waals surface area (Å²) in [5.74, 6) is -0.784. The third-order valence-corrected chi connectivity index (χ3v) is 3.18. The number of rotatable bonds is 3. The summed E-state index contributed by atoms with van der Waals surface area (Å²) in [6.45, 7) is 10.5. The molecule has 0 aliphatic rings. The molecule has 23 heavy (non-hydrogen) atoms. The molecule has 0 saturated heterocycles. The maximum atomic E-state index is 11.5. The van der Waals surface area contributed by atoms with E-state index in [0.29, 0.717) is 11.4 Å². The smallest absolute Gasteiger partial charge is 0.341 e. The van der Waals surface area contributed by atoms with E-state index in [0.717, 1.165) is 10.6 Å². The van der Waals surface area contributed by atoms with Crippen LogP contribution in [0.5, 0.6) is 0 Å². The van der Waals surface area contributed by atoms with Crippen LogP contribution in [0.25, 0.3) is 0 Å². The highest BCUT2D eigenvalue weighted by Crippen LogP contribution is 2.19. The average molecular weight is 359 g/mol. The topological polar surface area (TPSA) is 43.4 Å². The van der Waals surface area contributed by atoms with Crippen LogP contribution in [0.15, 0.2) is 29.8 Å². The minimum Gasteiger partial charge on any atom is -0.456 e. The van der Waals surface area contributed by atoms with Crippen molar-refractivity contribution >= 4 is 35.0 Å². The molecular weight excluding hydrogens is 335 g/mol. The maximum Gasteiger partial charge on any atom is 0.341 e. The van der Waals surface area contributed by atoms with Gasteiger partial charge in [0.15, 0.2) is 5.78 Å². The van der Waals surface area contributed by atoms with Gasteiger partial charge in [0.05, 0.1) is 5.57 Å². The van der Waals surface area contributed by atoms with E-state index in [1.54, 1.807) is 32.9 Å². The zero-order valence-electron chi connectivity index (χ0n) is 14.5. The van der Waals surface area contributed by atoms with Crippen LogP contribution < -0.4 is 0 Å². The average Bonchev–Trinajstić information content (AvgIpc) is 2.39. The maximum absolute atomic E-state index is 11.5. The predicted octanol–water partition coefficient (Wildman–Crippen LogP) is 5.56. The molecule has 0 spiro atoms. The number of benzene rings is 1. The second-order valence-electron chi connectivity index (χ2n) is 5.98. The number of halogens is 2. The molecule has 1 rings (SSSR count). The molecule has 0 amide bonds. The Morgan fingerprint density at radius 1 is 1.22 bits per heavy atom. The standard InChI is InChI=1S/C11H18O3.C7H6Cl2/c1-6-7-9(8(2)12)10(13)14-11(3,4)5;1-5-2-3-6(8)4-7(5)9/h7H,6H2,1-5H3;2-4H,1H3/b9-7+;. The number of ether oxygens (including phenoxy) is 1. The van der Waals surface area contributed by atoms with Gasteiger partial charge in [-0.3, -0.25) is 4.79 Å². The van der Waals surface area contributed by atoms with Gasteiger partial charge in [0.25, 0.3) is 0 Å². The molecule has 0 saturated carbocycles. The number of Topliss-reactive ketones (excluding diaryl/α,β-unsaturated/α-hetero) is 1. The molecule has 0 radical (unpaired) electrons. The highest BCUT2D eigenvalue weighted by Gasteiger charge is 2.21. The lowest BCUT2D eigenvalue weighted by molar-refractivity contribution is -0.150. The molecule has 5 heteroatoms. The van der Waals surface area contributed by atoms with Gasteiger partial charge in [-0.25, -0.2) is 4.79 Å². The number of carbonyl (C=O) groups excluding carboxylic acids is 2. The van der Waals surface area contributed by atoms with Crippen LogP contribution in [0.3, 0.4) is 0 Å². The van der Waals surface area contributed by atoms with Crippen LogP contribution in [-0.2, 0) is 14.3 Å². The fourth-order valence-corrected chi connectivity index (χ4v) is 1.88. The van der Waals surface area contributed by atoms with E-state index in [2.05, 4.69) is 0 Å². The van der Waals surface area contributed by atoms with Gasteiger partial charge in [0.1, 0.15) is 5.60 Å². The number of allylic oxidation sites excluding steroid dienone is 1. The Hall–Kier alpha value is -1.32. The van der Waals surface area contributed by atoms with E-state index in [9.17, 15) is 9.59 Å². The van der Waals surface area contributed by atoms with E-state index in [4.69, 9.17) is 27.9 Å². The van der Waals surface area contributed by atoms with Gasteiger partial charge in [-0.15, -0.1) is 0 Å². The summed E-state index contributed by atoms with van der Waals surface area (Å²) in [6, 6.07) is 5.45. The minimum absolute atomic E-state index is 0.141. The van der Waals surface area contributed by atoms with Gasteiger partial charge in [-0.1, -0.05) is 42.3 Å². The summed E-state index contributed by atoms with van der Waals surface area (Å²) in [6.07, 6.45) is 2.24. The molecule has 1 aromatic rings. The van der Waals surface area contributed by atoms with Crippen molar-refractivity contribution < 1.29 is 14.3 Å². The van der Waals surface area contributed by atoms with Gasteiger partial charge in [-0.05, 0) is 58.7 Å². The second-order valence-corrected chi connectivity index (χ2v) is 6.82. The molecule has 0 N–H and O–H groups in total. The van der Waals surface area contributed by atoms with Crippen LogP contribution in [0.4, 0.5) is 0 Å². The molecule has 0 fully saturated rings. The van der Waals surface area contributed by atoms with E-state index in [1.165, 1.54) is 6.92 Å². The van der Waals surface area contributed by atoms with E-state index >= 15 is 0 Å². The number of esters is 1. The summed E-state index contributed by atoms with van der Waals surface area (Å²) in [7, 11) is 0. The Morgan fingerprint density at radius 3 is 2.13 bits per heavy atom. The lowest BCUT2D eigenvalue weighted by atomic mass is 10.1. The Labute approximate surface area is 148 Å². The van der Waals surface area contributed by atoms with Crippen molar-refractivity contribution in [1.29, 1.82) is 0 Å². The second kappa shape index (κ2) is 9.74. The van der Waals surface area contributed by atoms with Crippen LogP contribution in [0, 0.1) is 6.92 Å². The summed E-state index contributed by atoms with van der Waals surface area (Å²) in [5.41, 5.74) is 0.641. The summed E-state index contributed by atoms with van der Waals surface area (Å²) in [4.78, 5) is 22.6. The molecule has 128 valence electrons. The molecule has 0 aliphatic heterocycles. The highest BCUT2D eigenvalue weighted by molar-refractivity contribution is 6.35. The molecule has 1 aromatic carbocycles. The zero-order chi connectivity index (χ0) is 18.2. The number of hydrogen-bond donors (Lipinski definition) is 0. The third kappa shape index (κ3) is 9.42. The van der Waals surface area contributed by atoms with Gasteiger partial charge >= 0.3 is 5.97 Å². The first kappa shape index (κ1) is 21.7. The first-order valence-electron chi connectivity index (χ1n) is 7.34. The van der Waals surface area contributed by atoms with E-state index in [-0.39, 0.29) is 11.4 Å². The molecule has 0 unspecified atom stereocenters. The van der Waals surface area contributed by atoms with Gasteiger partial charge in [0.2, 0.25) is 0 Å². The molecular formula is C18H24Cl2O3. The van der Waals surface area contributed by atoms with Crippen molar-refractivity contribution in [2.45, 2.75) is 53.6 Å². The van der Waals surface area contributed by atoms with Crippen LogP contribution in [0.1, 0.15) is 46.6 Å². The molecule has 0 bridgehead atoms. The largest absolute Gasteiger partial charge is 0.456 e. The Kier molecular flexibility index (Phi) is 9.18. The van der Waals surface area contributed by atoms with Crippen LogP contribution >= 0.6 is 23.2 Å². The van der Waals surface area contributed by atoms with Gasteiger partial charge in [0, 0.05) is 10.0 Å². The lowest BCUT2D eigenvalue weighted by Gasteiger charge is -2.19. The van der Waals surface area contributed by atoms with E-state index in [1.807, 2.05) is 26.0 Å². The number of hydrogen-bond acceptors (Lipinski definition) is 3. The van der Waals surface area contributed by atoms with Crippen LogP contribution in [-0.4, -0.2) is 17.4 Å². The van der Waals surface area contributed by atoms with Crippen molar-refractivity contribution in [1.82, 2.24) is 0 Å². The zero-order valence-corrected chi connectivity index (χ0v) is 16.0. The van der Waals surface area contributed by atoms with Crippen molar-refractivity contribution in [2.75, 3.05) is 0 Å². The lowest BCUT2D eigenvalue weighted by Crippen LogP contribution is -2.26. The fourth-order valence-electron chi connectivity index (χ4n) is 1.48. The number of ketones is 1. The Bertz CT molecular complexity index is 584. The molecule has 0 aromatic heterocycles. The normalized spacial score (nSPS) is 11.4. The molecule has 3 nitrogen and oxygen atoms in total. The fraction of sp³-hybridized carbons (Fsp3) is 0.444. The minimum atomic E-state index is -0.556. The first-order valence-corrected chi connectivity index (χ1v) is 8.09. The molecule has 0 heterocycles. The van der Waals surface area contributed by atoms with E-state index < -0.39 is 11.6 Å². The van der Waals surface area contributed by atoms with Crippen molar-refractivity contribution in [3.63, 3.8) is 0 Å². The summed E-state index contributed by atoms with van der Waals surface area (Å²) >= 11 is 11.4. The van der Waals surface area contributed by atoms with Gasteiger partial charge in [-0.2, -0.15) is 0 Å². The van der Waals surface area contributed by atoms with Crippen molar-refractivity contribution in [3.8, 4) is 0 Å². The monoisotopic (exact) mass is 358 g/mol. The highest BCUT2D eigenvalue weighted by atomic mass is 35.5. The predicted molar refractivity (Wildman–Crippen MR) is 96.1 cm³/mol. The Morgan fingerprint density at radius 2 is 1.78 bits per heavy atom. The number of aryl methyl sites for hydroxylation is 1. The SMILES string of the molecule is CC/C=C(\C(C)=O)C(=O)OC(C)(C)C.Cc1ccc(Cl)cc1Cl. The summed E-state index contributed by atoms with van der Waals surface area (Å²) in [5, 5.41) is 1.41. The molecule has 0 aliphatic carbocycles. The number of carbonyl (C=O) groups is 2. The quantitative estimate of drug-likeness (QED) is 0.307. The van der Waals surface area contributed by atoms with Crippen molar-refractivity contribution in [2.24, 2.45) is 0 Å². The first-order chi connectivity index (χ1) is 10.5. The molecule has 0 atom stereocenters.